The summed E-state index contributed by atoms with van der Waals surface area (Å²) in [4.78, 5) is 7.05. The SMILES string of the molecule is Cc1cccc(CN2CCO[C@@H]3CN(S(=O)(=O)c4ccc(C#N)cc4)C[C@@H]32)n1. The number of morpholine rings is 1. The highest BCUT2D eigenvalue weighted by Gasteiger charge is 2.44. The van der Waals surface area contributed by atoms with E-state index in [-0.39, 0.29) is 17.0 Å². The number of sulfonamides is 1. The Balaban J connectivity index is 1.52. The molecule has 7 nitrogen and oxygen atoms in total. The normalized spacial score (nSPS) is 23.3. The van der Waals surface area contributed by atoms with Gasteiger partial charge in [-0.05, 0) is 43.3 Å². The first-order valence-corrected chi connectivity index (χ1v) is 10.7. The summed E-state index contributed by atoms with van der Waals surface area (Å²) in [6.07, 6.45) is -0.147. The number of aryl methyl sites for hydroxylation is 1. The Morgan fingerprint density at radius 2 is 2.00 bits per heavy atom. The standard InChI is InChI=1S/C20H22N4O3S/c1-15-3-2-4-17(22-15)12-23-9-10-27-20-14-24(13-19(20)23)28(25,26)18-7-5-16(11-21)6-8-18/h2-8,19-20H,9-10,12-14H2,1H3/t19-,20+/m0/s1. The molecule has 2 fully saturated rings. The molecule has 0 aliphatic carbocycles. The van der Waals surface area contributed by atoms with Crippen LogP contribution in [0.25, 0.3) is 0 Å². The molecular weight excluding hydrogens is 376 g/mol. The largest absolute Gasteiger partial charge is 0.374 e. The Kier molecular flexibility index (Phi) is 5.17. The van der Waals surface area contributed by atoms with E-state index in [4.69, 9.17) is 10.00 Å². The van der Waals surface area contributed by atoms with Gasteiger partial charge in [0, 0.05) is 31.9 Å². The quantitative estimate of drug-likeness (QED) is 0.776. The summed E-state index contributed by atoms with van der Waals surface area (Å²) >= 11 is 0. The molecular formula is C20H22N4O3S. The van der Waals surface area contributed by atoms with E-state index in [0.29, 0.717) is 31.8 Å². The van der Waals surface area contributed by atoms with Gasteiger partial charge in [0.15, 0.2) is 0 Å². The van der Waals surface area contributed by atoms with Crippen molar-refractivity contribution in [2.75, 3.05) is 26.2 Å². The van der Waals surface area contributed by atoms with Gasteiger partial charge < -0.3 is 4.74 Å². The van der Waals surface area contributed by atoms with Crippen LogP contribution >= 0.6 is 0 Å². The lowest BCUT2D eigenvalue weighted by atomic mass is 10.1. The third kappa shape index (κ3) is 3.66. The van der Waals surface area contributed by atoms with Crippen molar-refractivity contribution in [3.63, 3.8) is 0 Å². The highest BCUT2D eigenvalue weighted by molar-refractivity contribution is 7.89. The molecule has 2 saturated heterocycles. The molecule has 0 amide bonds. The number of hydrogen-bond acceptors (Lipinski definition) is 6. The van der Waals surface area contributed by atoms with E-state index < -0.39 is 10.0 Å². The summed E-state index contributed by atoms with van der Waals surface area (Å²) in [5.41, 5.74) is 2.39. The van der Waals surface area contributed by atoms with Crippen LogP contribution in [0.3, 0.4) is 0 Å². The van der Waals surface area contributed by atoms with Crippen LogP contribution in [0.1, 0.15) is 17.0 Å². The zero-order valence-corrected chi connectivity index (χ0v) is 16.5. The fourth-order valence-corrected chi connectivity index (χ4v) is 5.33. The molecule has 0 radical (unpaired) electrons. The van der Waals surface area contributed by atoms with Gasteiger partial charge in [0.2, 0.25) is 10.0 Å². The van der Waals surface area contributed by atoms with Crippen LogP contribution < -0.4 is 0 Å². The van der Waals surface area contributed by atoms with Gasteiger partial charge in [-0.2, -0.15) is 9.57 Å². The maximum absolute atomic E-state index is 13.0. The lowest BCUT2D eigenvalue weighted by Crippen LogP contribution is -2.50. The van der Waals surface area contributed by atoms with Crippen molar-refractivity contribution in [3.05, 3.63) is 59.4 Å². The van der Waals surface area contributed by atoms with Crippen LogP contribution in [0.15, 0.2) is 47.4 Å². The number of fused-ring (bicyclic) bond motifs is 1. The van der Waals surface area contributed by atoms with E-state index in [0.717, 1.165) is 17.9 Å². The summed E-state index contributed by atoms with van der Waals surface area (Å²) in [6.45, 7) is 4.70. The van der Waals surface area contributed by atoms with Gasteiger partial charge in [0.05, 0.1) is 41.0 Å². The number of pyridine rings is 1. The smallest absolute Gasteiger partial charge is 0.243 e. The summed E-state index contributed by atoms with van der Waals surface area (Å²) in [5, 5.41) is 8.91. The van der Waals surface area contributed by atoms with Crippen molar-refractivity contribution in [3.8, 4) is 6.07 Å². The van der Waals surface area contributed by atoms with Crippen LogP contribution in [0.2, 0.25) is 0 Å². The van der Waals surface area contributed by atoms with E-state index in [1.165, 1.54) is 28.6 Å². The van der Waals surface area contributed by atoms with Crippen molar-refractivity contribution in [2.45, 2.75) is 30.5 Å². The van der Waals surface area contributed by atoms with E-state index in [2.05, 4.69) is 9.88 Å². The molecule has 2 aromatic rings. The first kappa shape index (κ1) is 19.0. The second kappa shape index (κ2) is 7.60. The minimum Gasteiger partial charge on any atom is -0.374 e. The van der Waals surface area contributed by atoms with E-state index in [9.17, 15) is 8.42 Å². The molecule has 1 aromatic heterocycles. The first-order chi connectivity index (χ1) is 13.5. The highest BCUT2D eigenvalue weighted by atomic mass is 32.2. The van der Waals surface area contributed by atoms with E-state index >= 15 is 0 Å². The Morgan fingerprint density at radius 1 is 1.21 bits per heavy atom. The Labute approximate surface area is 165 Å². The molecule has 0 N–H and O–H groups in total. The van der Waals surface area contributed by atoms with Gasteiger partial charge in [0.1, 0.15) is 0 Å². The van der Waals surface area contributed by atoms with Gasteiger partial charge in [-0.1, -0.05) is 6.07 Å². The highest BCUT2D eigenvalue weighted by Crippen LogP contribution is 2.28. The van der Waals surface area contributed by atoms with Crippen LogP contribution in [0.5, 0.6) is 0 Å². The van der Waals surface area contributed by atoms with Crippen molar-refractivity contribution in [2.24, 2.45) is 0 Å². The Bertz CT molecular complexity index is 1000. The molecule has 2 aliphatic rings. The lowest BCUT2D eigenvalue weighted by molar-refractivity contribution is -0.0506. The van der Waals surface area contributed by atoms with Crippen LogP contribution in [-0.4, -0.2) is 61.0 Å². The number of rotatable bonds is 4. The predicted molar refractivity (Wildman–Crippen MR) is 103 cm³/mol. The molecule has 0 spiro atoms. The summed E-state index contributed by atoms with van der Waals surface area (Å²) in [7, 11) is -3.62. The van der Waals surface area contributed by atoms with E-state index in [1.54, 1.807) is 0 Å². The predicted octanol–water partition coefficient (Wildman–Crippen LogP) is 1.54. The van der Waals surface area contributed by atoms with Crippen molar-refractivity contribution in [1.82, 2.24) is 14.2 Å². The van der Waals surface area contributed by atoms with Gasteiger partial charge in [-0.3, -0.25) is 9.88 Å². The molecule has 0 bridgehead atoms. The molecule has 2 atom stereocenters. The number of hydrogen-bond donors (Lipinski definition) is 0. The zero-order valence-electron chi connectivity index (χ0n) is 15.7. The number of ether oxygens (including phenoxy) is 1. The molecule has 28 heavy (non-hydrogen) atoms. The van der Waals surface area contributed by atoms with Gasteiger partial charge in [-0.25, -0.2) is 8.42 Å². The lowest BCUT2D eigenvalue weighted by Gasteiger charge is -2.36. The van der Waals surface area contributed by atoms with E-state index in [1.807, 2.05) is 31.2 Å². The van der Waals surface area contributed by atoms with Crippen LogP contribution in [-0.2, 0) is 21.3 Å². The molecule has 146 valence electrons. The van der Waals surface area contributed by atoms with Crippen LogP contribution in [0, 0.1) is 18.3 Å². The summed E-state index contributed by atoms with van der Waals surface area (Å²) in [5.74, 6) is 0. The van der Waals surface area contributed by atoms with Gasteiger partial charge >= 0.3 is 0 Å². The second-order valence-electron chi connectivity index (χ2n) is 7.18. The topological polar surface area (TPSA) is 86.5 Å². The summed E-state index contributed by atoms with van der Waals surface area (Å²) < 4.78 is 33.5. The monoisotopic (exact) mass is 398 g/mol. The second-order valence-corrected chi connectivity index (χ2v) is 9.11. The third-order valence-electron chi connectivity index (χ3n) is 5.32. The molecule has 3 heterocycles. The molecule has 4 rings (SSSR count). The number of aromatic nitrogens is 1. The fourth-order valence-electron chi connectivity index (χ4n) is 3.86. The molecule has 2 aliphatic heterocycles. The maximum Gasteiger partial charge on any atom is 0.243 e. The first-order valence-electron chi connectivity index (χ1n) is 9.26. The van der Waals surface area contributed by atoms with Crippen molar-refractivity contribution in [1.29, 1.82) is 5.26 Å². The van der Waals surface area contributed by atoms with Crippen molar-refractivity contribution < 1.29 is 13.2 Å². The molecule has 0 saturated carbocycles. The molecule has 8 heteroatoms. The zero-order chi connectivity index (χ0) is 19.7. The molecule has 1 aromatic carbocycles. The average Bonchev–Trinajstić information content (AvgIpc) is 3.14. The van der Waals surface area contributed by atoms with Gasteiger partial charge in [-0.15, -0.1) is 0 Å². The van der Waals surface area contributed by atoms with Crippen molar-refractivity contribution >= 4 is 10.0 Å². The number of nitriles is 1. The minimum atomic E-state index is -3.62. The van der Waals surface area contributed by atoms with Crippen LogP contribution in [0.4, 0.5) is 0 Å². The third-order valence-corrected chi connectivity index (χ3v) is 7.16. The maximum atomic E-state index is 13.0. The average molecular weight is 398 g/mol. The fraction of sp³-hybridized carbons (Fsp3) is 0.400. The Morgan fingerprint density at radius 3 is 2.71 bits per heavy atom. The Hall–Kier alpha value is -2.31. The molecule has 0 unspecified atom stereocenters. The summed E-state index contributed by atoms with van der Waals surface area (Å²) in [6, 6.07) is 14.0. The number of benzene rings is 1. The number of nitrogens with zero attached hydrogens (tertiary/aromatic N) is 4. The minimum absolute atomic E-state index is 0.00391. The van der Waals surface area contributed by atoms with Gasteiger partial charge in [0.25, 0.3) is 0 Å².